The van der Waals surface area contributed by atoms with Crippen LogP contribution in [-0.4, -0.2) is 13.0 Å². The first-order valence-corrected chi connectivity index (χ1v) is 7.30. The fourth-order valence-electron chi connectivity index (χ4n) is 2.29. The quantitative estimate of drug-likeness (QED) is 0.884. The molecule has 0 heterocycles. The van der Waals surface area contributed by atoms with Crippen molar-refractivity contribution in [3.8, 4) is 5.75 Å². The molecule has 1 amide bonds. The van der Waals surface area contributed by atoms with Gasteiger partial charge in [-0.05, 0) is 41.8 Å². The maximum absolute atomic E-state index is 12.9. The van der Waals surface area contributed by atoms with Gasteiger partial charge in [0, 0.05) is 0 Å². The van der Waals surface area contributed by atoms with Gasteiger partial charge in [-0.1, -0.05) is 31.2 Å². The third-order valence-corrected chi connectivity index (χ3v) is 3.54. The first kappa shape index (κ1) is 16.0. The minimum absolute atomic E-state index is 0.0427. The molecule has 0 aliphatic rings. The Kier molecular flexibility index (Phi) is 5.53. The molecular weight excluding hydrogens is 281 g/mol. The lowest BCUT2D eigenvalue weighted by Gasteiger charge is -2.18. The molecule has 0 radical (unpaired) electrons. The lowest BCUT2D eigenvalue weighted by atomic mass is 10.0. The highest BCUT2D eigenvalue weighted by atomic mass is 19.1. The third-order valence-electron chi connectivity index (χ3n) is 3.54. The van der Waals surface area contributed by atoms with Crippen LogP contribution in [0.5, 0.6) is 5.75 Å². The Hall–Kier alpha value is -2.36. The van der Waals surface area contributed by atoms with E-state index in [2.05, 4.69) is 5.32 Å². The van der Waals surface area contributed by atoms with Crippen LogP contribution in [-0.2, 0) is 11.2 Å². The molecule has 2 rings (SSSR count). The molecule has 0 saturated heterocycles. The van der Waals surface area contributed by atoms with E-state index < -0.39 is 0 Å². The molecule has 0 spiro atoms. The second kappa shape index (κ2) is 7.59. The number of hydrogen-bond donors (Lipinski definition) is 1. The number of carbonyl (C=O) groups is 1. The van der Waals surface area contributed by atoms with Gasteiger partial charge >= 0.3 is 0 Å². The van der Waals surface area contributed by atoms with Gasteiger partial charge < -0.3 is 10.1 Å². The smallest absolute Gasteiger partial charge is 0.224 e. The highest BCUT2D eigenvalue weighted by Gasteiger charge is 2.13. The van der Waals surface area contributed by atoms with Crippen molar-refractivity contribution in [3.05, 3.63) is 65.5 Å². The number of nitrogens with one attached hydrogen (secondary N) is 1. The Bertz CT molecular complexity index is 608. The van der Waals surface area contributed by atoms with Gasteiger partial charge in [0.15, 0.2) is 0 Å². The molecule has 0 bridgehead atoms. The lowest BCUT2D eigenvalue weighted by Crippen LogP contribution is -2.29. The van der Waals surface area contributed by atoms with Gasteiger partial charge in [-0.3, -0.25) is 4.79 Å². The largest absolute Gasteiger partial charge is 0.497 e. The van der Waals surface area contributed by atoms with E-state index in [0.717, 1.165) is 23.3 Å². The molecule has 1 atom stereocenters. The first-order valence-electron chi connectivity index (χ1n) is 7.30. The summed E-state index contributed by atoms with van der Waals surface area (Å²) >= 11 is 0. The van der Waals surface area contributed by atoms with Crippen molar-refractivity contribution >= 4 is 5.91 Å². The molecule has 22 heavy (non-hydrogen) atoms. The first-order chi connectivity index (χ1) is 10.6. The van der Waals surface area contributed by atoms with E-state index in [1.165, 1.54) is 12.1 Å². The highest BCUT2D eigenvalue weighted by molar-refractivity contribution is 5.79. The van der Waals surface area contributed by atoms with Gasteiger partial charge in [0.05, 0.1) is 19.6 Å². The van der Waals surface area contributed by atoms with E-state index in [4.69, 9.17) is 4.74 Å². The number of methoxy groups -OCH3 is 1. The average Bonchev–Trinajstić information content (AvgIpc) is 2.55. The number of hydrogen-bond acceptors (Lipinski definition) is 2. The predicted molar refractivity (Wildman–Crippen MR) is 84.3 cm³/mol. The van der Waals surface area contributed by atoms with Crippen molar-refractivity contribution in [2.45, 2.75) is 25.8 Å². The Morgan fingerprint density at radius 2 is 1.77 bits per heavy atom. The van der Waals surface area contributed by atoms with E-state index in [9.17, 15) is 9.18 Å². The minimum atomic E-state index is -0.297. The van der Waals surface area contributed by atoms with Crippen LogP contribution in [0.1, 0.15) is 30.5 Å². The maximum atomic E-state index is 12.9. The maximum Gasteiger partial charge on any atom is 0.224 e. The van der Waals surface area contributed by atoms with Crippen LogP contribution >= 0.6 is 0 Å². The summed E-state index contributed by atoms with van der Waals surface area (Å²) in [6.07, 6.45) is 1.04. The van der Waals surface area contributed by atoms with E-state index >= 15 is 0 Å². The van der Waals surface area contributed by atoms with Crippen LogP contribution in [0.2, 0.25) is 0 Å². The van der Waals surface area contributed by atoms with Crippen molar-refractivity contribution in [2.75, 3.05) is 7.11 Å². The summed E-state index contributed by atoms with van der Waals surface area (Å²) in [6.45, 7) is 2.02. The van der Waals surface area contributed by atoms with Crippen LogP contribution in [0, 0.1) is 5.82 Å². The van der Waals surface area contributed by atoms with E-state index in [-0.39, 0.29) is 24.2 Å². The molecule has 116 valence electrons. The monoisotopic (exact) mass is 301 g/mol. The standard InChI is InChI=1S/C18H20FNO2/c1-3-17(14-6-10-16(22-2)11-7-14)20-18(21)12-13-4-8-15(19)9-5-13/h4-11,17H,3,12H2,1-2H3,(H,20,21)/t17-/m1/s1. The Morgan fingerprint density at radius 3 is 2.32 bits per heavy atom. The average molecular weight is 301 g/mol. The van der Waals surface area contributed by atoms with Gasteiger partial charge in [0.25, 0.3) is 0 Å². The topological polar surface area (TPSA) is 38.3 Å². The number of carbonyl (C=O) groups excluding carboxylic acids is 1. The second-order valence-electron chi connectivity index (χ2n) is 5.10. The van der Waals surface area contributed by atoms with Gasteiger partial charge in [-0.2, -0.15) is 0 Å². The lowest BCUT2D eigenvalue weighted by molar-refractivity contribution is -0.121. The van der Waals surface area contributed by atoms with Gasteiger partial charge in [0.2, 0.25) is 5.91 Å². The van der Waals surface area contributed by atoms with Crippen molar-refractivity contribution in [1.82, 2.24) is 5.32 Å². The summed E-state index contributed by atoms with van der Waals surface area (Å²) < 4.78 is 18.0. The normalized spacial score (nSPS) is 11.8. The molecule has 0 unspecified atom stereocenters. The molecule has 2 aromatic rings. The summed E-state index contributed by atoms with van der Waals surface area (Å²) in [5.74, 6) is 0.416. The summed E-state index contributed by atoms with van der Waals surface area (Å²) in [7, 11) is 1.62. The van der Waals surface area contributed by atoms with Gasteiger partial charge in [-0.15, -0.1) is 0 Å². The number of benzene rings is 2. The summed E-state index contributed by atoms with van der Waals surface area (Å²) in [5, 5.41) is 3.01. The Labute approximate surface area is 130 Å². The zero-order valence-electron chi connectivity index (χ0n) is 12.8. The van der Waals surface area contributed by atoms with Crippen molar-refractivity contribution in [1.29, 1.82) is 0 Å². The number of halogens is 1. The van der Waals surface area contributed by atoms with Crippen LogP contribution < -0.4 is 10.1 Å². The number of rotatable bonds is 6. The van der Waals surface area contributed by atoms with Crippen LogP contribution in [0.25, 0.3) is 0 Å². The molecule has 0 saturated carbocycles. The molecule has 1 N–H and O–H groups in total. The molecule has 0 aliphatic carbocycles. The molecule has 0 aliphatic heterocycles. The minimum Gasteiger partial charge on any atom is -0.497 e. The predicted octanol–water partition coefficient (Wildman–Crippen LogP) is 3.64. The zero-order chi connectivity index (χ0) is 15.9. The SMILES string of the molecule is CC[C@@H](NC(=O)Cc1ccc(F)cc1)c1ccc(OC)cc1. The molecule has 0 fully saturated rings. The Balaban J connectivity index is 1.99. The van der Waals surface area contributed by atoms with E-state index in [0.29, 0.717) is 0 Å². The molecule has 3 nitrogen and oxygen atoms in total. The highest BCUT2D eigenvalue weighted by Crippen LogP contribution is 2.20. The van der Waals surface area contributed by atoms with Crippen LogP contribution in [0.15, 0.2) is 48.5 Å². The van der Waals surface area contributed by atoms with Crippen molar-refractivity contribution < 1.29 is 13.9 Å². The van der Waals surface area contributed by atoms with Crippen molar-refractivity contribution in [3.63, 3.8) is 0 Å². The summed E-state index contributed by atoms with van der Waals surface area (Å²) in [6, 6.07) is 13.6. The van der Waals surface area contributed by atoms with E-state index in [1.54, 1.807) is 19.2 Å². The van der Waals surface area contributed by atoms with E-state index in [1.807, 2.05) is 31.2 Å². The van der Waals surface area contributed by atoms with Crippen molar-refractivity contribution in [2.24, 2.45) is 0 Å². The zero-order valence-corrected chi connectivity index (χ0v) is 12.8. The molecular formula is C18H20FNO2. The second-order valence-corrected chi connectivity index (χ2v) is 5.10. The summed E-state index contributed by atoms with van der Waals surface area (Å²) in [5.41, 5.74) is 1.83. The van der Waals surface area contributed by atoms with Crippen LogP contribution in [0.3, 0.4) is 0 Å². The fraction of sp³-hybridized carbons (Fsp3) is 0.278. The fourth-order valence-corrected chi connectivity index (χ4v) is 2.29. The van der Waals surface area contributed by atoms with Crippen LogP contribution in [0.4, 0.5) is 4.39 Å². The summed E-state index contributed by atoms with van der Waals surface area (Å²) in [4.78, 5) is 12.1. The molecule has 0 aromatic heterocycles. The molecule has 2 aromatic carbocycles. The Morgan fingerprint density at radius 1 is 1.14 bits per heavy atom. The molecule has 4 heteroatoms. The third kappa shape index (κ3) is 4.32. The number of amides is 1. The number of ether oxygens (including phenoxy) is 1. The van der Waals surface area contributed by atoms with Gasteiger partial charge in [0.1, 0.15) is 11.6 Å². The van der Waals surface area contributed by atoms with Gasteiger partial charge in [-0.25, -0.2) is 4.39 Å².